The number of benzene rings is 1. The van der Waals surface area contributed by atoms with Gasteiger partial charge in [0.25, 0.3) is 5.91 Å². The van der Waals surface area contributed by atoms with Gasteiger partial charge in [-0.2, -0.15) is 0 Å². The van der Waals surface area contributed by atoms with Crippen LogP contribution in [0.15, 0.2) is 23.1 Å². The van der Waals surface area contributed by atoms with E-state index in [1.165, 1.54) is 0 Å². The van der Waals surface area contributed by atoms with Crippen LogP contribution >= 0.6 is 0 Å². The topological polar surface area (TPSA) is 102 Å². The lowest BCUT2D eigenvalue weighted by atomic mass is 9.97. The third-order valence-electron chi connectivity index (χ3n) is 7.36. The predicted molar refractivity (Wildman–Crippen MR) is 134 cm³/mol. The SMILES string of the molecule is CC[C@H](C)[C@H](NC(=O)c1cn(CC)c2cc3c(cc2c1=O)OCO3)C(=O)NC[C@@H]1CCCN1CC. The number of hydrogen-bond acceptors (Lipinski definition) is 6. The number of fused-ring (bicyclic) bond motifs is 2. The number of likely N-dealkylation sites (tertiary alicyclic amines) is 1. The van der Waals surface area contributed by atoms with Crippen molar-refractivity contribution < 1.29 is 19.1 Å². The molecule has 2 N–H and O–H groups in total. The monoisotopic (exact) mass is 484 g/mol. The molecule has 0 radical (unpaired) electrons. The van der Waals surface area contributed by atoms with Crippen LogP contribution < -0.4 is 25.5 Å². The van der Waals surface area contributed by atoms with Gasteiger partial charge in [-0.3, -0.25) is 19.3 Å². The molecular formula is C26H36N4O5. The van der Waals surface area contributed by atoms with Crippen LogP contribution in [-0.2, 0) is 11.3 Å². The molecular weight excluding hydrogens is 448 g/mol. The minimum atomic E-state index is -0.731. The van der Waals surface area contributed by atoms with Crippen molar-refractivity contribution in [2.45, 2.75) is 65.6 Å². The lowest BCUT2D eigenvalue weighted by Gasteiger charge is -2.27. The number of hydrogen-bond donors (Lipinski definition) is 2. The second-order valence-corrected chi connectivity index (χ2v) is 9.39. The van der Waals surface area contributed by atoms with Gasteiger partial charge >= 0.3 is 0 Å². The first-order chi connectivity index (χ1) is 16.9. The summed E-state index contributed by atoms with van der Waals surface area (Å²) in [6.07, 6.45) is 4.46. The number of ether oxygens (including phenoxy) is 2. The number of pyridine rings is 1. The highest BCUT2D eigenvalue weighted by molar-refractivity contribution is 6.00. The van der Waals surface area contributed by atoms with Gasteiger partial charge in [0, 0.05) is 31.4 Å². The summed E-state index contributed by atoms with van der Waals surface area (Å²) in [6, 6.07) is 2.99. The summed E-state index contributed by atoms with van der Waals surface area (Å²) in [5.74, 6) is 0.213. The van der Waals surface area contributed by atoms with E-state index < -0.39 is 17.4 Å². The summed E-state index contributed by atoms with van der Waals surface area (Å²) in [7, 11) is 0. The fourth-order valence-corrected chi connectivity index (χ4v) is 5.00. The average Bonchev–Trinajstić information content (AvgIpc) is 3.53. The van der Waals surface area contributed by atoms with Crippen LogP contribution in [0.1, 0.15) is 57.3 Å². The quantitative estimate of drug-likeness (QED) is 0.567. The molecule has 2 aliphatic rings. The van der Waals surface area contributed by atoms with Crippen molar-refractivity contribution in [1.29, 1.82) is 0 Å². The third-order valence-corrected chi connectivity index (χ3v) is 7.36. The van der Waals surface area contributed by atoms with E-state index in [-0.39, 0.29) is 24.2 Å². The Bertz CT molecular complexity index is 1160. The fraction of sp³-hybridized carbons (Fsp3) is 0.577. The second-order valence-electron chi connectivity index (χ2n) is 9.39. The van der Waals surface area contributed by atoms with Crippen molar-refractivity contribution >= 4 is 22.7 Å². The van der Waals surface area contributed by atoms with E-state index in [1.807, 2.05) is 25.3 Å². The maximum Gasteiger partial charge on any atom is 0.257 e. The molecule has 190 valence electrons. The van der Waals surface area contributed by atoms with Gasteiger partial charge < -0.3 is 24.7 Å². The molecule has 0 aliphatic carbocycles. The molecule has 2 amide bonds. The molecule has 0 spiro atoms. The Labute approximate surface area is 205 Å². The summed E-state index contributed by atoms with van der Waals surface area (Å²) < 4.78 is 12.7. The number of rotatable bonds is 9. The first-order valence-electron chi connectivity index (χ1n) is 12.7. The fourth-order valence-electron chi connectivity index (χ4n) is 5.00. The predicted octanol–water partition coefficient (Wildman–Crippen LogP) is 2.50. The molecule has 3 heterocycles. The van der Waals surface area contributed by atoms with Crippen molar-refractivity contribution in [2.75, 3.05) is 26.4 Å². The van der Waals surface area contributed by atoms with E-state index in [4.69, 9.17) is 9.47 Å². The Morgan fingerprint density at radius 1 is 1.14 bits per heavy atom. The summed E-state index contributed by atoms with van der Waals surface area (Å²) in [6.45, 7) is 11.2. The van der Waals surface area contributed by atoms with Gasteiger partial charge in [-0.15, -0.1) is 0 Å². The Morgan fingerprint density at radius 2 is 1.89 bits per heavy atom. The molecule has 2 aromatic rings. The van der Waals surface area contributed by atoms with Crippen LogP contribution in [0.3, 0.4) is 0 Å². The molecule has 1 aromatic heterocycles. The minimum Gasteiger partial charge on any atom is -0.454 e. The van der Waals surface area contributed by atoms with Crippen molar-refractivity contribution in [3.8, 4) is 11.5 Å². The van der Waals surface area contributed by atoms with Crippen LogP contribution in [0.2, 0.25) is 0 Å². The maximum absolute atomic E-state index is 13.3. The van der Waals surface area contributed by atoms with Crippen LogP contribution in [0, 0.1) is 5.92 Å². The molecule has 0 saturated carbocycles. The third kappa shape index (κ3) is 5.00. The zero-order chi connectivity index (χ0) is 25.1. The van der Waals surface area contributed by atoms with E-state index in [1.54, 1.807) is 18.3 Å². The van der Waals surface area contributed by atoms with Gasteiger partial charge in [0.15, 0.2) is 11.5 Å². The highest BCUT2D eigenvalue weighted by atomic mass is 16.7. The molecule has 1 fully saturated rings. The van der Waals surface area contributed by atoms with Crippen LogP contribution in [0.5, 0.6) is 11.5 Å². The Balaban J connectivity index is 1.57. The van der Waals surface area contributed by atoms with Crippen molar-refractivity contribution in [3.63, 3.8) is 0 Å². The molecule has 0 bridgehead atoms. The Kier molecular flexibility index (Phi) is 7.64. The molecule has 1 saturated heterocycles. The van der Waals surface area contributed by atoms with E-state index >= 15 is 0 Å². The molecule has 9 heteroatoms. The first kappa shape index (κ1) is 25.0. The number of nitrogens with zero attached hydrogens (tertiary/aromatic N) is 2. The van der Waals surface area contributed by atoms with Crippen molar-refractivity contribution in [2.24, 2.45) is 5.92 Å². The number of carbonyl (C=O) groups is 2. The molecule has 3 atom stereocenters. The van der Waals surface area contributed by atoms with E-state index in [2.05, 4.69) is 22.5 Å². The number of aryl methyl sites for hydroxylation is 1. The number of carbonyl (C=O) groups excluding carboxylic acids is 2. The zero-order valence-corrected chi connectivity index (χ0v) is 21.1. The first-order valence-corrected chi connectivity index (χ1v) is 12.7. The molecule has 0 unspecified atom stereocenters. The summed E-state index contributed by atoms with van der Waals surface area (Å²) in [4.78, 5) is 42.2. The highest BCUT2D eigenvalue weighted by Gasteiger charge is 2.30. The van der Waals surface area contributed by atoms with E-state index in [9.17, 15) is 14.4 Å². The van der Waals surface area contributed by atoms with Crippen LogP contribution in [0.4, 0.5) is 0 Å². The Hall–Kier alpha value is -3.07. The van der Waals surface area contributed by atoms with Crippen molar-refractivity contribution in [1.82, 2.24) is 20.1 Å². The highest BCUT2D eigenvalue weighted by Crippen LogP contribution is 2.35. The van der Waals surface area contributed by atoms with Crippen LogP contribution in [0.25, 0.3) is 10.9 Å². The van der Waals surface area contributed by atoms with Crippen molar-refractivity contribution in [3.05, 3.63) is 34.1 Å². The van der Waals surface area contributed by atoms with Gasteiger partial charge in [0.1, 0.15) is 11.6 Å². The van der Waals surface area contributed by atoms with Gasteiger partial charge in [-0.25, -0.2) is 0 Å². The standard InChI is InChI=1S/C26H36N4O5/c1-5-16(4)23(26(33)27-13-17-9-8-10-29(17)6-2)28-25(32)19-14-30(7-3)20-12-22-21(34-15-35-22)11-18(20)24(19)31/h11-12,14,16-17,23H,5-10,13,15H2,1-4H3,(H,27,33)(H,28,32)/t16-,17-,23-/m0/s1. The maximum atomic E-state index is 13.3. The zero-order valence-electron chi connectivity index (χ0n) is 21.1. The number of nitrogens with one attached hydrogen (secondary N) is 2. The van der Waals surface area contributed by atoms with Crippen LogP contribution in [-0.4, -0.2) is 59.8 Å². The largest absolute Gasteiger partial charge is 0.454 e. The minimum absolute atomic E-state index is 0.00673. The van der Waals surface area contributed by atoms with Gasteiger partial charge in [0.2, 0.25) is 18.1 Å². The molecule has 35 heavy (non-hydrogen) atoms. The molecule has 2 aliphatic heterocycles. The second kappa shape index (κ2) is 10.7. The molecule has 9 nitrogen and oxygen atoms in total. The van der Waals surface area contributed by atoms with E-state index in [0.717, 1.165) is 25.9 Å². The Morgan fingerprint density at radius 3 is 2.57 bits per heavy atom. The lowest BCUT2D eigenvalue weighted by Crippen LogP contribution is -2.52. The van der Waals surface area contributed by atoms with E-state index in [0.29, 0.717) is 48.0 Å². The smallest absolute Gasteiger partial charge is 0.257 e. The molecule has 4 rings (SSSR count). The summed E-state index contributed by atoms with van der Waals surface area (Å²) in [5.41, 5.74) is 0.284. The van der Waals surface area contributed by atoms with Gasteiger partial charge in [0.05, 0.1) is 10.9 Å². The lowest BCUT2D eigenvalue weighted by molar-refractivity contribution is -0.124. The van der Waals surface area contributed by atoms with Gasteiger partial charge in [-0.1, -0.05) is 27.2 Å². The number of likely N-dealkylation sites (N-methyl/N-ethyl adjacent to an activating group) is 1. The summed E-state index contributed by atoms with van der Waals surface area (Å²) in [5, 5.41) is 6.29. The normalized spacial score (nSPS) is 19.0. The summed E-state index contributed by atoms with van der Waals surface area (Å²) >= 11 is 0. The number of aromatic nitrogens is 1. The average molecular weight is 485 g/mol. The van der Waals surface area contributed by atoms with Gasteiger partial charge in [-0.05, 0) is 44.8 Å². The number of amides is 2. The molecule has 1 aromatic carbocycles.